The summed E-state index contributed by atoms with van der Waals surface area (Å²) in [5, 5.41) is -0.811. The van der Waals surface area contributed by atoms with E-state index in [1.165, 1.54) is 0 Å². The average Bonchev–Trinajstić information content (AvgIpc) is 3.37. The summed E-state index contributed by atoms with van der Waals surface area (Å²) in [6.45, 7) is 3.64. The quantitative estimate of drug-likeness (QED) is 0.302. The Morgan fingerprint density at radius 1 is 1.16 bits per heavy atom. The zero-order valence-electron chi connectivity index (χ0n) is 20.3. The van der Waals surface area contributed by atoms with Gasteiger partial charge in [0.05, 0.1) is 23.5 Å². The molecule has 0 aliphatic carbocycles. The van der Waals surface area contributed by atoms with Gasteiger partial charge < -0.3 is 9.88 Å². The van der Waals surface area contributed by atoms with Crippen LogP contribution in [0.4, 0.5) is 13.2 Å². The van der Waals surface area contributed by atoms with Crippen molar-refractivity contribution in [3.63, 3.8) is 0 Å². The number of imidazole rings is 1. The lowest BCUT2D eigenvalue weighted by Gasteiger charge is -2.33. The Hall–Kier alpha value is -3.09. The molecule has 4 rings (SSSR count). The number of carbonyl (C=O) groups excluding carboxylic acids is 2. The second-order valence-corrected chi connectivity index (χ2v) is 11.5. The fraction of sp³-hybridized carbons (Fsp3) is 0.400. The second-order valence-electron chi connectivity index (χ2n) is 9.59. The molecule has 0 spiro atoms. The van der Waals surface area contributed by atoms with Gasteiger partial charge in [0.2, 0.25) is 5.91 Å². The van der Waals surface area contributed by atoms with Crippen molar-refractivity contribution in [3.8, 4) is 0 Å². The van der Waals surface area contributed by atoms with Crippen LogP contribution in [0, 0.1) is 5.92 Å². The molecule has 1 unspecified atom stereocenters. The number of para-hydroxylation sites is 2. The smallest absolute Gasteiger partial charge is 0.340 e. The minimum absolute atomic E-state index is 0.0398. The first-order chi connectivity index (χ1) is 17.3. The van der Waals surface area contributed by atoms with Crippen molar-refractivity contribution in [2.75, 3.05) is 6.54 Å². The maximum absolute atomic E-state index is 13.7. The highest BCUT2D eigenvalue weighted by Crippen LogP contribution is 2.56. The minimum atomic E-state index is -5.05. The highest BCUT2D eigenvalue weighted by atomic mass is 32.3. The molecule has 1 aliphatic heterocycles. The van der Waals surface area contributed by atoms with Crippen molar-refractivity contribution in [2.24, 2.45) is 5.92 Å². The third-order valence-electron chi connectivity index (χ3n) is 6.36. The molecule has 8 nitrogen and oxygen atoms in total. The van der Waals surface area contributed by atoms with E-state index in [4.69, 9.17) is 0 Å². The molecule has 0 bridgehead atoms. The molecule has 0 saturated carbocycles. The maximum Gasteiger partial charge on any atom is 0.471 e. The first-order valence-electron chi connectivity index (χ1n) is 11.8. The van der Waals surface area contributed by atoms with Crippen LogP contribution in [0.5, 0.6) is 0 Å². The normalized spacial score (nSPS) is 19.1. The Labute approximate surface area is 213 Å². The maximum atomic E-state index is 13.7. The summed E-state index contributed by atoms with van der Waals surface area (Å²) in [5.41, 5.74) is 2.35. The minimum Gasteiger partial charge on any atom is -0.340 e. The largest absolute Gasteiger partial charge is 0.471 e. The average molecular weight is 539 g/mol. The standard InChI is InChI=1S/C25H29F3N4O4S/c1-15(2)11-12-32(24(34)25(26,27)28)20(23-29-18-5-3-4-6-19(18)30-23)13-16-7-9-17(10-8-16)21-14-22(33)31-37(21,35)36/h3-10,15,20-21,35-36H,11-14H2,1-2H3,(H,29,30)(H,31,33)/t20-,21?/m0/s1. The number of carbonyl (C=O) groups is 2. The lowest BCUT2D eigenvalue weighted by Crippen LogP contribution is -2.45. The summed E-state index contributed by atoms with van der Waals surface area (Å²) in [5.74, 6) is -2.09. The van der Waals surface area contributed by atoms with Gasteiger partial charge >= 0.3 is 12.1 Å². The van der Waals surface area contributed by atoms with E-state index in [0.717, 1.165) is 4.90 Å². The van der Waals surface area contributed by atoms with Crippen LogP contribution in [0.1, 0.15) is 54.9 Å². The van der Waals surface area contributed by atoms with E-state index in [-0.39, 0.29) is 31.1 Å². The first-order valence-corrected chi connectivity index (χ1v) is 13.4. The Morgan fingerprint density at radius 2 is 1.84 bits per heavy atom. The third kappa shape index (κ3) is 6.08. The zero-order valence-corrected chi connectivity index (χ0v) is 21.1. The molecule has 200 valence electrons. The van der Waals surface area contributed by atoms with E-state index >= 15 is 0 Å². The lowest BCUT2D eigenvalue weighted by atomic mass is 9.99. The molecule has 1 fully saturated rings. The highest BCUT2D eigenvalue weighted by molar-refractivity contribution is 8.23. The van der Waals surface area contributed by atoms with E-state index in [0.29, 0.717) is 28.6 Å². The Balaban J connectivity index is 1.70. The number of H-pyrrole nitrogens is 1. The molecule has 1 aromatic heterocycles. The molecule has 4 N–H and O–H groups in total. The first kappa shape index (κ1) is 27.0. The van der Waals surface area contributed by atoms with Gasteiger partial charge in [-0.1, -0.05) is 50.2 Å². The number of hydrogen-bond donors (Lipinski definition) is 4. The fourth-order valence-electron chi connectivity index (χ4n) is 4.41. The molecule has 1 saturated heterocycles. The summed E-state index contributed by atoms with van der Waals surface area (Å²) in [7, 11) is -3.33. The van der Waals surface area contributed by atoms with E-state index in [9.17, 15) is 31.9 Å². The molecule has 2 heterocycles. The number of aromatic amines is 1. The van der Waals surface area contributed by atoms with Gasteiger partial charge in [-0.15, -0.1) is 10.8 Å². The molecule has 2 amide bonds. The molecule has 37 heavy (non-hydrogen) atoms. The number of nitrogens with zero attached hydrogens (tertiary/aromatic N) is 2. The van der Waals surface area contributed by atoms with Crippen molar-refractivity contribution < 1.29 is 31.9 Å². The van der Waals surface area contributed by atoms with Gasteiger partial charge in [0, 0.05) is 13.0 Å². The van der Waals surface area contributed by atoms with Crippen LogP contribution in [-0.2, 0) is 16.0 Å². The topological polar surface area (TPSA) is 119 Å². The van der Waals surface area contributed by atoms with Gasteiger partial charge in [0.25, 0.3) is 0 Å². The van der Waals surface area contributed by atoms with E-state index in [1.54, 1.807) is 48.5 Å². The number of amides is 2. The number of rotatable bonds is 8. The molecular weight excluding hydrogens is 509 g/mol. The van der Waals surface area contributed by atoms with Crippen LogP contribution in [0.25, 0.3) is 11.0 Å². The zero-order chi connectivity index (χ0) is 27.0. The fourth-order valence-corrected chi connectivity index (χ4v) is 5.89. The number of benzene rings is 2. The van der Waals surface area contributed by atoms with Gasteiger partial charge in [-0.2, -0.15) is 13.2 Å². The van der Waals surface area contributed by atoms with Gasteiger partial charge in [-0.05, 0) is 35.6 Å². The molecule has 2 atom stereocenters. The molecule has 3 aromatic rings. The second kappa shape index (κ2) is 10.3. The summed E-state index contributed by atoms with van der Waals surface area (Å²) < 4.78 is 63.5. The Bertz CT molecular complexity index is 1240. The Morgan fingerprint density at radius 3 is 2.41 bits per heavy atom. The van der Waals surface area contributed by atoms with Crippen LogP contribution in [-0.4, -0.2) is 48.5 Å². The number of alkyl halides is 3. The predicted molar refractivity (Wildman–Crippen MR) is 135 cm³/mol. The van der Waals surface area contributed by atoms with Crippen molar-refractivity contribution in [3.05, 3.63) is 65.5 Å². The van der Waals surface area contributed by atoms with Crippen LogP contribution in [0.2, 0.25) is 0 Å². The highest BCUT2D eigenvalue weighted by Gasteiger charge is 2.45. The molecule has 1 aliphatic rings. The van der Waals surface area contributed by atoms with Crippen LogP contribution in [0.15, 0.2) is 48.5 Å². The molecule has 2 aromatic carbocycles. The van der Waals surface area contributed by atoms with E-state index in [2.05, 4.69) is 14.7 Å². The van der Waals surface area contributed by atoms with E-state index in [1.807, 2.05) is 13.8 Å². The Kier molecular flexibility index (Phi) is 7.54. The SMILES string of the molecule is CC(C)CCN(C(=O)C(F)(F)F)[C@@H](Cc1ccc(C2CC(=O)NS2(O)O)cc1)c1nc2ccccc2[nH]1. The summed E-state index contributed by atoms with van der Waals surface area (Å²) in [6, 6.07) is 12.6. The number of aromatic nitrogens is 2. The van der Waals surface area contributed by atoms with Crippen molar-refractivity contribution in [2.45, 2.75) is 50.6 Å². The third-order valence-corrected chi connectivity index (χ3v) is 8.12. The van der Waals surface area contributed by atoms with Crippen molar-refractivity contribution >= 4 is 33.6 Å². The van der Waals surface area contributed by atoms with E-state index < -0.39 is 40.1 Å². The van der Waals surface area contributed by atoms with Gasteiger partial charge in [0.15, 0.2) is 0 Å². The van der Waals surface area contributed by atoms with Crippen LogP contribution >= 0.6 is 10.8 Å². The number of halogens is 3. The number of fused-ring (bicyclic) bond motifs is 1. The van der Waals surface area contributed by atoms with Crippen molar-refractivity contribution in [1.82, 2.24) is 19.6 Å². The molecule has 0 radical (unpaired) electrons. The summed E-state index contributed by atoms with van der Waals surface area (Å²) in [6.07, 6.45) is -4.72. The number of nitrogens with one attached hydrogen (secondary N) is 2. The monoisotopic (exact) mass is 538 g/mol. The van der Waals surface area contributed by atoms with Crippen LogP contribution < -0.4 is 4.72 Å². The van der Waals surface area contributed by atoms with Gasteiger partial charge in [-0.25, -0.2) is 4.98 Å². The number of hydrogen-bond acceptors (Lipinski definition) is 5. The van der Waals surface area contributed by atoms with Crippen LogP contribution in [0.3, 0.4) is 0 Å². The summed E-state index contributed by atoms with van der Waals surface area (Å²) >= 11 is 0. The van der Waals surface area contributed by atoms with Gasteiger partial charge in [-0.3, -0.25) is 23.4 Å². The van der Waals surface area contributed by atoms with Crippen molar-refractivity contribution in [1.29, 1.82) is 0 Å². The van der Waals surface area contributed by atoms with Gasteiger partial charge in [0.1, 0.15) is 11.1 Å². The lowest BCUT2D eigenvalue weighted by molar-refractivity contribution is -0.188. The molecule has 12 heteroatoms. The molecular formula is C25H29F3N4O4S. The summed E-state index contributed by atoms with van der Waals surface area (Å²) in [4.78, 5) is 32.7. The predicted octanol–water partition coefficient (Wildman–Crippen LogP) is 5.51.